The summed E-state index contributed by atoms with van der Waals surface area (Å²) < 4.78 is 0. The van der Waals surface area contributed by atoms with Gasteiger partial charge in [0.05, 0.1) is 11.4 Å². The molecular formula is C15H11N3. The lowest BCUT2D eigenvalue weighted by atomic mass is 10.1. The summed E-state index contributed by atoms with van der Waals surface area (Å²) >= 11 is 0. The predicted molar refractivity (Wildman–Crippen MR) is 70.7 cm³/mol. The van der Waals surface area contributed by atoms with Crippen molar-refractivity contribution >= 4 is 0 Å². The van der Waals surface area contributed by atoms with Gasteiger partial charge in [0, 0.05) is 23.5 Å². The second kappa shape index (κ2) is 4.75. The molecule has 0 N–H and O–H groups in total. The van der Waals surface area contributed by atoms with Gasteiger partial charge in [-0.25, -0.2) is 0 Å². The zero-order valence-electron chi connectivity index (χ0n) is 9.69. The van der Waals surface area contributed by atoms with Crippen molar-refractivity contribution in [1.29, 1.82) is 0 Å². The number of hydrogen-bond donors (Lipinski definition) is 0. The van der Waals surface area contributed by atoms with Crippen molar-refractivity contribution < 1.29 is 0 Å². The van der Waals surface area contributed by atoms with Crippen LogP contribution in [-0.4, -0.2) is 15.2 Å². The first-order chi connectivity index (χ1) is 8.93. The van der Waals surface area contributed by atoms with Gasteiger partial charge in [-0.3, -0.25) is 4.98 Å². The van der Waals surface area contributed by atoms with Gasteiger partial charge in [-0.1, -0.05) is 30.3 Å². The fourth-order valence-electron chi connectivity index (χ4n) is 1.76. The molecule has 0 atom stereocenters. The van der Waals surface area contributed by atoms with Gasteiger partial charge < -0.3 is 0 Å². The minimum atomic E-state index is 0.836. The maximum absolute atomic E-state index is 4.25. The highest BCUT2D eigenvalue weighted by atomic mass is 15.1. The largest absolute Gasteiger partial charge is 0.264 e. The van der Waals surface area contributed by atoms with E-state index < -0.39 is 0 Å². The monoisotopic (exact) mass is 233 g/mol. The van der Waals surface area contributed by atoms with Crippen LogP contribution < -0.4 is 0 Å². The molecule has 0 unspecified atom stereocenters. The Morgan fingerprint density at radius 3 is 1.89 bits per heavy atom. The van der Waals surface area contributed by atoms with E-state index in [0.29, 0.717) is 0 Å². The zero-order valence-corrected chi connectivity index (χ0v) is 9.69. The minimum absolute atomic E-state index is 0.836. The lowest BCUT2D eigenvalue weighted by Crippen LogP contribution is -1.90. The SMILES string of the molecule is c1ccc(-c2ccc(-c3cccnc3)nn2)cc1. The fourth-order valence-corrected chi connectivity index (χ4v) is 1.76. The van der Waals surface area contributed by atoms with Gasteiger partial charge in [-0.05, 0) is 24.3 Å². The van der Waals surface area contributed by atoms with Crippen molar-refractivity contribution in [2.75, 3.05) is 0 Å². The molecule has 0 aliphatic carbocycles. The van der Waals surface area contributed by atoms with Crippen LogP contribution in [0.15, 0.2) is 67.0 Å². The highest BCUT2D eigenvalue weighted by Crippen LogP contribution is 2.19. The zero-order chi connectivity index (χ0) is 12.2. The van der Waals surface area contributed by atoms with Gasteiger partial charge in [0.25, 0.3) is 0 Å². The molecule has 0 saturated carbocycles. The van der Waals surface area contributed by atoms with Crippen LogP contribution in [0.4, 0.5) is 0 Å². The maximum Gasteiger partial charge on any atom is 0.0945 e. The van der Waals surface area contributed by atoms with Gasteiger partial charge in [0.2, 0.25) is 0 Å². The van der Waals surface area contributed by atoms with Crippen molar-refractivity contribution in [2.45, 2.75) is 0 Å². The Labute approximate surface area is 105 Å². The molecule has 18 heavy (non-hydrogen) atoms. The van der Waals surface area contributed by atoms with Gasteiger partial charge in [0.15, 0.2) is 0 Å². The van der Waals surface area contributed by atoms with Crippen LogP contribution in [0, 0.1) is 0 Å². The summed E-state index contributed by atoms with van der Waals surface area (Å²) in [6, 6.07) is 17.8. The molecule has 0 amide bonds. The maximum atomic E-state index is 4.25. The van der Waals surface area contributed by atoms with Crippen LogP contribution >= 0.6 is 0 Å². The number of benzene rings is 1. The average Bonchev–Trinajstić information content (AvgIpc) is 2.49. The summed E-state index contributed by atoms with van der Waals surface area (Å²) in [5.74, 6) is 0. The number of aromatic nitrogens is 3. The molecule has 2 heterocycles. The molecular weight excluding hydrogens is 222 g/mol. The molecule has 3 heteroatoms. The fraction of sp³-hybridized carbons (Fsp3) is 0. The normalized spacial score (nSPS) is 10.2. The Bertz CT molecular complexity index is 560. The van der Waals surface area contributed by atoms with E-state index in [2.05, 4.69) is 15.2 Å². The average molecular weight is 233 g/mol. The van der Waals surface area contributed by atoms with Gasteiger partial charge in [-0.2, -0.15) is 0 Å². The van der Waals surface area contributed by atoms with Crippen LogP contribution in [0.1, 0.15) is 0 Å². The molecule has 1 aromatic carbocycles. The lowest BCUT2D eigenvalue weighted by molar-refractivity contribution is 1.04. The molecule has 0 spiro atoms. The Balaban J connectivity index is 1.95. The van der Waals surface area contributed by atoms with E-state index in [4.69, 9.17) is 0 Å². The molecule has 2 aromatic heterocycles. The summed E-state index contributed by atoms with van der Waals surface area (Å²) in [4.78, 5) is 4.07. The molecule has 0 fully saturated rings. The predicted octanol–water partition coefficient (Wildman–Crippen LogP) is 3.21. The second-order valence-electron chi connectivity index (χ2n) is 3.91. The molecule has 3 rings (SSSR count). The molecule has 3 aromatic rings. The van der Waals surface area contributed by atoms with Crippen molar-refractivity contribution in [3.05, 3.63) is 67.0 Å². The third-order valence-electron chi connectivity index (χ3n) is 2.69. The van der Waals surface area contributed by atoms with Crippen molar-refractivity contribution in [3.8, 4) is 22.5 Å². The first kappa shape index (κ1) is 10.6. The molecule has 0 bridgehead atoms. The van der Waals surface area contributed by atoms with Gasteiger partial charge >= 0.3 is 0 Å². The third kappa shape index (κ3) is 2.11. The Kier molecular flexibility index (Phi) is 2.80. The topological polar surface area (TPSA) is 38.7 Å². The van der Waals surface area contributed by atoms with Crippen LogP contribution in [0.3, 0.4) is 0 Å². The smallest absolute Gasteiger partial charge is 0.0945 e. The van der Waals surface area contributed by atoms with E-state index in [0.717, 1.165) is 22.5 Å². The first-order valence-electron chi connectivity index (χ1n) is 5.73. The number of rotatable bonds is 2. The highest BCUT2D eigenvalue weighted by molar-refractivity contribution is 5.62. The molecule has 3 nitrogen and oxygen atoms in total. The molecule has 0 saturated heterocycles. The van der Waals surface area contributed by atoms with E-state index in [1.807, 2.05) is 54.6 Å². The van der Waals surface area contributed by atoms with Crippen LogP contribution in [0.25, 0.3) is 22.5 Å². The van der Waals surface area contributed by atoms with Crippen molar-refractivity contribution in [1.82, 2.24) is 15.2 Å². The summed E-state index contributed by atoms with van der Waals surface area (Å²) in [7, 11) is 0. The van der Waals surface area contributed by atoms with Crippen LogP contribution in [-0.2, 0) is 0 Å². The van der Waals surface area contributed by atoms with Crippen LogP contribution in [0.2, 0.25) is 0 Å². The lowest BCUT2D eigenvalue weighted by Gasteiger charge is -2.01. The summed E-state index contributed by atoms with van der Waals surface area (Å²) in [6.45, 7) is 0. The van der Waals surface area contributed by atoms with E-state index in [1.54, 1.807) is 12.4 Å². The Hall–Kier alpha value is -2.55. The summed E-state index contributed by atoms with van der Waals surface area (Å²) in [6.07, 6.45) is 3.53. The van der Waals surface area contributed by atoms with E-state index >= 15 is 0 Å². The van der Waals surface area contributed by atoms with E-state index in [1.165, 1.54) is 0 Å². The first-order valence-corrected chi connectivity index (χ1v) is 5.73. The van der Waals surface area contributed by atoms with Crippen LogP contribution in [0.5, 0.6) is 0 Å². The third-order valence-corrected chi connectivity index (χ3v) is 2.69. The van der Waals surface area contributed by atoms with Gasteiger partial charge in [-0.15, -0.1) is 10.2 Å². The number of hydrogen-bond acceptors (Lipinski definition) is 3. The van der Waals surface area contributed by atoms with E-state index in [9.17, 15) is 0 Å². The summed E-state index contributed by atoms with van der Waals surface area (Å²) in [5.41, 5.74) is 3.76. The number of pyridine rings is 1. The quantitative estimate of drug-likeness (QED) is 0.682. The van der Waals surface area contributed by atoms with Crippen molar-refractivity contribution in [3.63, 3.8) is 0 Å². The second-order valence-corrected chi connectivity index (χ2v) is 3.91. The van der Waals surface area contributed by atoms with Gasteiger partial charge in [0.1, 0.15) is 0 Å². The van der Waals surface area contributed by atoms with Crippen molar-refractivity contribution in [2.24, 2.45) is 0 Å². The standard InChI is InChI=1S/C15H11N3/c1-2-5-12(6-3-1)14-8-9-15(18-17-14)13-7-4-10-16-11-13/h1-11H. The molecule has 0 aliphatic heterocycles. The minimum Gasteiger partial charge on any atom is -0.264 e. The Morgan fingerprint density at radius 1 is 0.611 bits per heavy atom. The molecule has 86 valence electrons. The van der Waals surface area contributed by atoms with E-state index in [-0.39, 0.29) is 0 Å². The highest BCUT2D eigenvalue weighted by Gasteiger charge is 2.02. The molecule has 0 radical (unpaired) electrons. The number of nitrogens with zero attached hydrogens (tertiary/aromatic N) is 3. The Morgan fingerprint density at radius 2 is 1.28 bits per heavy atom. The molecule has 0 aliphatic rings. The summed E-state index contributed by atoms with van der Waals surface area (Å²) in [5, 5.41) is 8.48.